The lowest BCUT2D eigenvalue weighted by atomic mass is 9.66. The van der Waals surface area contributed by atoms with Gasteiger partial charge in [0.1, 0.15) is 0 Å². The topological polar surface area (TPSA) is 52.7 Å². The van der Waals surface area contributed by atoms with Crippen molar-refractivity contribution in [2.45, 2.75) is 64.7 Å². The number of benzene rings is 1. The number of hydrogen-bond acceptors (Lipinski definition) is 2. The average Bonchev–Trinajstić information content (AvgIpc) is 3.38. The van der Waals surface area contributed by atoms with Crippen molar-refractivity contribution in [2.24, 2.45) is 11.3 Å². The van der Waals surface area contributed by atoms with E-state index in [1.165, 1.54) is 32.1 Å². The van der Waals surface area contributed by atoms with E-state index in [1.807, 2.05) is 41.0 Å². The van der Waals surface area contributed by atoms with Crippen LogP contribution in [0.1, 0.15) is 63.4 Å². The molecule has 0 aromatic heterocycles. The Morgan fingerprint density at radius 3 is 2.48 bits per heavy atom. The zero-order chi connectivity index (χ0) is 20.3. The van der Waals surface area contributed by atoms with Crippen LogP contribution in [0, 0.1) is 18.3 Å². The van der Waals surface area contributed by atoms with Crippen molar-refractivity contribution in [2.75, 3.05) is 31.5 Å². The minimum Gasteiger partial charge on any atom is -0.343 e. The fraction of sp³-hybridized carbons (Fsp3) is 0.667. The molecule has 3 amide bonds. The maximum Gasteiger partial charge on any atom is 0.321 e. The van der Waals surface area contributed by atoms with Gasteiger partial charge in [0.15, 0.2) is 0 Å². The number of anilines is 1. The molecule has 1 atom stereocenters. The second-order valence-corrected chi connectivity index (χ2v) is 9.37. The van der Waals surface area contributed by atoms with Crippen LogP contribution in [0.15, 0.2) is 24.3 Å². The number of aryl methyl sites for hydroxylation is 1. The lowest BCUT2D eigenvalue weighted by molar-refractivity contribution is -0.130. The maximum absolute atomic E-state index is 13.0. The van der Waals surface area contributed by atoms with E-state index in [0.717, 1.165) is 56.7 Å². The summed E-state index contributed by atoms with van der Waals surface area (Å²) in [5, 5.41) is 3.12. The van der Waals surface area contributed by atoms with Crippen molar-refractivity contribution < 1.29 is 9.59 Å². The molecule has 158 valence electrons. The molecule has 1 aliphatic carbocycles. The van der Waals surface area contributed by atoms with Crippen molar-refractivity contribution in [1.29, 1.82) is 0 Å². The van der Waals surface area contributed by atoms with Gasteiger partial charge < -0.3 is 15.1 Å². The smallest absolute Gasteiger partial charge is 0.321 e. The van der Waals surface area contributed by atoms with E-state index in [9.17, 15) is 9.59 Å². The first-order valence-corrected chi connectivity index (χ1v) is 11.5. The van der Waals surface area contributed by atoms with Gasteiger partial charge in [-0.3, -0.25) is 4.79 Å². The van der Waals surface area contributed by atoms with Gasteiger partial charge in [0.2, 0.25) is 5.91 Å². The number of rotatable bonds is 4. The highest BCUT2D eigenvalue weighted by Crippen LogP contribution is 2.49. The second kappa shape index (κ2) is 8.76. The molecule has 5 heteroatoms. The van der Waals surface area contributed by atoms with E-state index in [1.54, 1.807) is 0 Å². The second-order valence-electron chi connectivity index (χ2n) is 9.37. The third-order valence-corrected chi connectivity index (χ3v) is 7.50. The first-order chi connectivity index (χ1) is 14.1. The molecule has 4 rings (SSSR count). The fourth-order valence-electron chi connectivity index (χ4n) is 5.74. The van der Waals surface area contributed by atoms with Gasteiger partial charge >= 0.3 is 6.03 Å². The molecule has 2 aliphatic heterocycles. The van der Waals surface area contributed by atoms with Gasteiger partial charge in [0, 0.05) is 38.3 Å². The average molecular weight is 398 g/mol. The molecule has 1 unspecified atom stereocenters. The first-order valence-electron chi connectivity index (χ1n) is 11.5. The van der Waals surface area contributed by atoms with Crippen LogP contribution in [-0.2, 0) is 4.79 Å². The molecule has 1 spiro atoms. The SMILES string of the molecule is Cc1ccccc1NC(=O)N1CC(CCC(=O)N2CCCC2)C2(CCCCC2)C1. The number of amides is 3. The molecule has 29 heavy (non-hydrogen) atoms. The van der Waals surface area contributed by atoms with Crippen molar-refractivity contribution in [3.63, 3.8) is 0 Å². The molecule has 0 radical (unpaired) electrons. The van der Waals surface area contributed by atoms with Gasteiger partial charge in [-0.15, -0.1) is 0 Å². The lowest BCUT2D eigenvalue weighted by Crippen LogP contribution is -2.36. The summed E-state index contributed by atoms with van der Waals surface area (Å²) in [7, 11) is 0. The summed E-state index contributed by atoms with van der Waals surface area (Å²) in [6, 6.07) is 7.95. The molecule has 2 saturated heterocycles. The highest BCUT2D eigenvalue weighted by atomic mass is 16.2. The van der Waals surface area contributed by atoms with E-state index in [-0.39, 0.29) is 11.4 Å². The van der Waals surface area contributed by atoms with Gasteiger partial charge in [0.25, 0.3) is 0 Å². The van der Waals surface area contributed by atoms with Crippen LogP contribution in [0.2, 0.25) is 0 Å². The molecule has 1 aromatic carbocycles. The van der Waals surface area contributed by atoms with Gasteiger partial charge in [-0.2, -0.15) is 0 Å². The molecule has 3 fully saturated rings. The van der Waals surface area contributed by atoms with Crippen LogP contribution in [0.3, 0.4) is 0 Å². The van der Waals surface area contributed by atoms with E-state index >= 15 is 0 Å². The van der Waals surface area contributed by atoms with E-state index < -0.39 is 0 Å². The summed E-state index contributed by atoms with van der Waals surface area (Å²) in [5.41, 5.74) is 2.19. The Hall–Kier alpha value is -2.04. The van der Waals surface area contributed by atoms with Crippen LogP contribution in [-0.4, -0.2) is 47.9 Å². The summed E-state index contributed by atoms with van der Waals surface area (Å²) in [6.07, 6.45) is 10.1. The Morgan fingerprint density at radius 1 is 1.03 bits per heavy atom. The predicted molar refractivity (Wildman–Crippen MR) is 116 cm³/mol. The zero-order valence-corrected chi connectivity index (χ0v) is 17.8. The Kier molecular flexibility index (Phi) is 6.12. The molecule has 5 nitrogen and oxygen atoms in total. The number of urea groups is 1. The Bertz CT molecular complexity index is 735. The van der Waals surface area contributed by atoms with Gasteiger partial charge in [-0.1, -0.05) is 37.5 Å². The Labute approximate surface area is 174 Å². The van der Waals surface area contributed by atoms with Gasteiger partial charge in [0.05, 0.1) is 0 Å². The van der Waals surface area contributed by atoms with Crippen molar-refractivity contribution in [3.8, 4) is 0 Å². The van der Waals surface area contributed by atoms with Crippen LogP contribution in [0.25, 0.3) is 0 Å². The standard InChI is InChI=1S/C24H35N3O2/c1-19-9-3-4-10-21(19)25-23(29)27-17-20(24(18-27)13-5-2-6-14-24)11-12-22(28)26-15-7-8-16-26/h3-4,9-10,20H,2,5-8,11-18H2,1H3,(H,25,29). The largest absolute Gasteiger partial charge is 0.343 e. The van der Waals surface area contributed by atoms with Gasteiger partial charge in [-0.05, 0) is 62.0 Å². The molecular weight excluding hydrogens is 362 g/mol. The van der Waals surface area contributed by atoms with E-state index in [4.69, 9.17) is 0 Å². The molecule has 1 aromatic rings. The molecule has 3 aliphatic rings. The molecular formula is C24H35N3O2. The molecule has 2 heterocycles. The monoisotopic (exact) mass is 397 g/mol. The first kappa shape index (κ1) is 20.2. The van der Waals surface area contributed by atoms with Crippen molar-refractivity contribution >= 4 is 17.6 Å². The quantitative estimate of drug-likeness (QED) is 0.792. The summed E-state index contributed by atoms with van der Waals surface area (Å²) in [6.45, 7) is 5.51. The third-order valence-electron chi connectivity index (χ3n) is 7.50. The normalized spacial score (nSPS) is 23.6. The minimum atomic E-state index is 0.0117. The van der Waals surface area contributed by atoms with Crippen molar-refractivity contribution in [1.82, 2.24) is 9.80 Å². The van der Waals surface area contributed by atoms with Crippen LogP contribution in [0.4, 0.5) is 10.5 Å². The Morgan fingerprint density at radius 2 is 1.76 bits per heavy atom. The van der Waals surface area contributed by atoms with Crippen molar-refractivity contribution in [3.05, 3.63) is 29.8 Å². The Balaban J connectivity index is 1.41. The predicted octanol–water partition coefficient (Wildman–Crippen LogP) is 4.81. The number of carbonyl (C=O) groups excluding carboxylic acids is 2. The highest BCUT2D eigenvalue weighted by molar-refractivity contribution is 5.90. The number of likely N-dealkylation sites (tertiary alicyclic amines) is 2. The summed E-state index contributed by atoms with van der Waals surface area (Å²) < 4.78 is 0. The molecule has 1 N–H and O–H groups in total. The van der Waals surface area contributed by atoms with Crippen LogP contribution < -0.4 is 5.32 Å². The third kappa shape index (κ3) is 4.44. The van der Waals surface area contributed by atoms with E-state index in [2.05, 4.69) is 5.32 Å². The van der Waals surface area contributed by atoms with Crippen LogP contribution in [0.5, 0.6) is 0 Å². The summed E-state index contributed by atoms with van der Waals surface area (Å²) >= 11 is 0. The maximum atomic E-state index is 13.0. The minimum absolute atomic E-state index is 0.0117. The fourth-order valence-corrected chi connectivity index (χ4v) is 5.74. The zero-order valence-electron chi connectivity index (χ0n) is 17.8. The van der Waals surface area contributed by atoms with E-state index in [0.29, 0.717) is 18.2 Å². The summed E-state index contributed by atoms with van der Waals surface area (Å²) in [5.74, 6) is 0.758. The van der Waals surface area contributed by atoms with Gasteiger partial charge in [-0.25, -0.2) is 4.79 Å². The number of nitrogens with zero attached hydrogens (tertiary/aromatic N) is 2. The molecule has 0 bridgehead atoms. The highest BCUT2D eigenvalue weighted by Gasteiger charge is 2.48. The number of para-hydroxylation sites is 1. The lowest BCUT2D eigenvalue weighted by Gasteiger charge is -2.38. The number of nitrogens with one attached hydrogen (secondary N) is 1. The van der Waals surface area contributed by atoms with Crippen LogP contribution >= 0.6 is 0 Å². The summed E-state index contributed by atoms with van der Waals surface area (Å²) in [4.78, 5) is 29.7. The molecule has 1 saturated carbocycles. The number of hydrogen-bond donors (Lipinski definition) is 1. The number of carbonyl (C=O) groups is 2.